The van der Waals surface area contributed by atoms with Gasteiger partial charge in [0.2, 0.25) is 0 Å². The smallest absolute Gasteiger partial charge is 0.161 e. The van der Waals surface area contributed by atoms with E-state index in [0.717, 1.165) is 43.2 Å². The van der Waals surface area contributed by atoms with Crippen molar-refractivity contribution >= 4 is 17.3 Å². The molecule has 2 aromatic rings. The molecule has 1 saturated heterocycles. The summed E-state index contributed by atoms with van der Waals surface area (Å²) in [7, 11) is 0. The van der Waals surface area contributed by atoms with Crippen molar-refractivity contribution in [2.24, 2.45) is 0 Å². The second-order valence-corrected chi connectivity index (χ2v) is 5.24. The maximum atomic E-state index is 11.7. The maximum absolute atomic E-state index is 11.7. The lowest BCUT2D eigenvalue weighted by Gasteiger charge is -2.37. The number of para-hydroxylation sites is 1. The van der Waals surface area contributed by atoms with E-state index in [-0.39, 0.29) is 5.78 Å². The molecule has 0 radical (unpaired) electrons. The summed E-state index contributed by atoms with van der Waals surface area (Å²) in [5.74, 6) is 1.15. The molecule has 1 aromatic carbocycles. The molecule has 1 aliphatic rings. The zero-order chi connectivity index (χ0) is 14.7. The Hall–Kier alpha value is -2.36. The van der Waals surface area contributed by atoms with Crippen LogP contribution in [0.3, 0.4) is 0 Å². The van der Waals surface area contributed by atoms with Gasteiger partial charge in [-0.1, -0.05) is 18.2 Å². The number of aromatic nitrogens is 1. The summed E-state index contributed by atoms with van der Waals surface area (Å²) < 4.78 is 0. The molecule has 21 heavy (non-hydrogen) atoms. The normalized spacial score (nSPS) is 15.1. The third-order valence-electron chi connectivity index (χ3n) is 3.88. The zero-order valence-corrected chi connectivity index (χ0v) is 12.2. The van der Waals surface area contributed by atoms with E-state index in [9.17, 15) is 4.79 Å². The van der Waals surface area contributed by atoms with Crippen molar-refractivity contribution in [3.8, 4) is 0 Å². The average molecular weight is 281 g/mol. The van der Waals surface area contributed by atoms with Gasteiger partial charge in [-0.3, -0.25) is 4.79 Å². The highest BCUT2D eigenvalue weighted by molar-refractivity contribution is 5.99. The Balaban J connectivity index is 1.73. The lowest BCUT2D eigenvalue weighted by atomic mass is 10.1. The monoisotopic (exact) mass is 281 g/mol. The number of carbonyl (C=O) groups excluding carboxylic acids is 1. The summed E-state index contributed by atoms with van der Waals surface area (Å²) in [5, 5.41) is 0. The molecule has 0 N–H and O–H groups in total. The molecule has 4 heteroatoms. The molecule has 4 nitrogen and oxygen atoms in total. The van der Waals surface area contributed by atoms with Crippen LogP contribution >= 0.6 is 0 Å². The second kappa shape index (κ2) is 5.95. The standard InChI is InChI=1S/C17H19N3O/c1-14(21)15-6-2-3-7-16(15)19-10-12-20(13-11-19)17-8-4-5-9-18-17/h2-9H,10-13H2,1H3. The Morgan fingerprint density at radius 3 is 2.29 bits per heavy atom. The highest BCUT2D eigenvalue weighted by Crippen LogP contribution is 2.23. The van der Waals surface area contributed by atoms with E-state index in [1.807, 2.05) is 48.7 Å². The third-order valence-corrected chi connectivity index (χ3v) is 3.88. The molecule has 0 unspecified atom stereocenters. The van der Waals surface area contributed by atoms with Gasteiger partial charge in [-0.25, -0.2) is 4.98 Å². The van der Waals surface area contributed by atoms with Crippen LogP contribution in [0, 0.1) is 0 Å². The van der Waals surface area contributed by atoms with Crippen LogP contribution in [0.1, 0.15) is 17.3 Å². The number of rotatable bonds is 3. The Morgan fingerprint density at radius 1 is 0.952 bits per heavy atom. The first-order chi connectivity index (χ1) is 10.3. The number of hydrogen-bond acceptors (Lipinski definition) is 4. The minimum absolute atomic E-state index is 0.123. The first kappa shape index (κ1) is 13.6. The minimum Gasteiger partial charge on any atom is -0.367 e. The zero-order valence-electron chi connectivity index (χ0n) is 12.2. The molecule has 108 valence electrons. The molecule has 0 spiro atoms. The number of benzene rings is 1. The van der Waals surface area contributed by atoms with Gasteiger partial charge in [-0.05, 0) is 31.2 Å². The van der Waals surface area contributed by atoms with Crippen LogP contribution in [0.5, 0.6) is 0 Å². The first-order valence-electron chi connectivity index (χ1n) is 7.26. The van der Waals surface area contributed by atoms with Gasteiger partial charge in [0.25, 0.3) is 0 Å². The molecule has 1 aromatic heterocycles. The number of hydrogen-bond donors (Lipinski definition) is 0. The SMILES string of the molecule is CC(=O)c1ccccc1N1CCN(c2ccccn2)CC1. The van der Waals surface area contributed by atoms with E-state index in [1.165, 1.54) is 0 Å². The highest BCUT2D eigenvalue weighted by Gasteiger charge is 2.20. The van der Waals surface area contributed by atoms with Crippen LogP contribution < -0.4 is 9.80 Å². The van der Waals surface area contributed by atoms with E-state index in [1.54, 1.807) is 6.92 Å². The summed E-state index contributed by atoms with van der Waals surface area (Å²) in [6.45, 7) is 5.28. The summed E-state index contributed by atoms with van der Waals surface area (Å²) in [5.41, 5.74) is 1.86. The van der Waals surface area contributed by atoms with Gasteiger partial charge in [0, 0.05) is 43.6 Å². The summed E-state index contributed by atoms with van der Waals surface area (Å²) >= 11 is 0. The van der Waals surface area contributed by atoms with E-state index in [0.29, 0.717) is 0 Å². The number of pyridine rings is 1. The van der Waals surface area contributed by atoms with Crippen molar-refractivity contribution in [2.75, 3.05) is 36.0 Å². The van der Waals surface area contributed by atoms with Crippen molar-refractivity contribution in [3.05, 3.63) is 54.2 Å². The number of ketones is 1. The molecule has 1 fully saturated rings. The predicted molar refractivity (Wildman–Crippen MR) is 85.1 cm³/mol. The number of piperazine rings is 1. The lowest BCUT2D eigenvalue weighted by Crippen LogP contribution is -2.47. The van der Waals surface area contributed by atoms with E-state index < -0.39 is 0 Å². The fourth-order valence-corrected chi connectivity index (χ4v) is 2.76. The van der Waals surface area contributed by atoms with Gasteiger partial charge in [0.1, 0.15) is 5.82 Å². The van der Waals surface area contributed by atoms with Crippen molar-refractivity contribution in [3.63, 3.8) is 0 Å². The average Bonchev–Trinajstić information content (AvgIpc) is 2.56. The molecule has 0 saturated carbocycles. The summed E-state index contributed by atoms with van der Waals surface area (Å²) in [4.78, 5) is 20.7. The second-order valence-electron chi connectivity index (χ2n) is 5.24. The predicted octanol–water partition coefficient (Wildman–Crippen LogP) is 2.61. The quantitative estimate of drug-likeness (QED) is 0.810. The molecule has 0 bridgehead atoms. The Labute approximate surface area is 125 Å². The fourth-order valence-electron chi connectivity index (χ4n) is 2.76. The topological polar surface area (TPSA) is 36.4 Å². The van der Waals surface area contributed by atoms with Crippen LogP contribution in [0.15, 0.2) is 48.7 Å². The van der Waals surface area contributed by atoms with E-state index >= 15 is 0 Å². The van der Waals surface area contributed by atoms with E-state index in [4.69, 9.17) is 0 Å². The summed E-state index contributed by atoms with van der Waals surface area (Å²) in [6.07, 6.45) is 1.83. The minimum atomic E-state index is 0.123. The molecule has 1 aliphatic heterocycles. The summed E-state index contributed by atoms with van der Waals surface area (Å²) in [6, 6.07) is 13.8. The molecule has 0 atom stereocenters. The Kier molecular flexibility index (Phi) is 3.86. The van der Waals surface area contributed by atoms with Crippen LogP contribution in [0.2, 0.25) is 0 Å². The van der Waals surface area contributed by atoms with E-state index in [2.05, 4.69) is 14.8 Å². The lowest BCUT2D eigenvalue weighted by molar-refractivity contribution is 0.101. The van der Waals surface area contributed by atoms with Gasteiger partial charge >= 0.3 is 0 Å². The molecule has 3 rings (SSSR count). The Bertz CT molecular complexity index is 619. The molecular formula is C17H19N3O. The van der Waals surface area contributed by atoms with Gasteiger partial charge in [0.05, 0.1) is 0 Å². The van der Waals surface area contributed by atoms with Crippen LogP contribution in [0.4, 0.5) is 11.5 Å². The van der Waals surface area contributed by atoms with Crippen molar-refractivity contribution in [2.45, 2.75) is 6.92 Å². The van der Waals surface area contributed by atoms with Gasteiger partial charge in [-0.15, -0.1) is 0 Å². The van der Waals surface area contributed by atoms with Crippen LogP contribution in [-0.4, -0.2) is 36.9 Å². The molecule has 0 amide bonds. The van der Waals surface area contributed by atoms with Crippen LogP contribution in [-0.2, 0) is 0 Å². The number of carbonyl (C=O) groups is 1. The van der Waals surface area contributed by atoms with Crippen LogP contribution in [0.25, 0.3) is 0 Å². The van der Waals surface area contributed by atoms with Crippen molar-refractivity contribution in [1.82, 2.24) is 4.98 Å². The number of nitrogens with zero attached hydrogens (tertiary/aromatic N) is 3. The maximum Gasteiger partial charge on any atom is 0.161 e. The Morgan fingerprint density at radius 2 is 1.62 bits per heavy atom. The number of anilines is 2. The highest BCUT2D eigenvalue weighted by atomic mass is 16.1. The van der Waals surface area contributed by atoms with Gasteiger partial charge in [0.15, 0.2) is 5.78 Å². The largest absolute Gasteiger partial charge is 0.367 e. The van der Waals surface area contributed by atoms with Crippen molar-refractivity contribution in [1.29, 1.82) is 0 Å². The van der Waals surface area contributed by atoms with Gasteiger partial charge < -0.3 is 9.80 Å². The third kappa shape index (κ3) is 2.89. The molecular weight excluding hydrogens is 262 g/mol. The molecule has 2 heterocycles. The number of Topliss-reactive ketones (excluding diaryl/α,β-unsaturated/α-hetero) is 1. The van der Waals surface area contributed by atoms with Crippen molar-refractivity contribution < 1.29 is 4.79 Å². The van der Waals surface area contributed by atoms with Gasteiger partial charge in [-0.2, -0.15) is 0 Å². The first-order valence-corrected chi connectivity index (χ1v) is 7.26. The fraction of sp³-hybridized carbons (Fsp3) is 0.294. The molecule has 0 aliphatic carbocycles.